The van der Waals surface area contributed by atoms with E-state index >= 15 is 0 Å². The van der Waals surface area contributed by atoms with Gasteiger partial charge < -0.3 is 10.5 Å². The Bertz CT molecular complexity index is 822. The van der Waals surface area contributed by atoms with Crippen molar-refractivity contribution >= 4 is 17.0 Å². The van der Waals surface area contributed by atoms with Crippen molar-refractivity contribution in [2.45, 2.75) is 0 Å². The van der Waals surface area contributed by atoms with Crippen LogP contribution in [0.3, 0.4) is 0 Å². The highest BCUT2D eigenvalue weighted by atomic mass is 19.1. The second-order valence-electron chi connectivity index (χ2n) is 4.38. The Balaban J connectivity index is 2.37. The van der Waals surface area contributed by atoms with Crippen LogP contribution in [0.5, 0.6) is 5.75 Å². The first-order valence-corrected chi connectivity index (χ1v) is 5.98. The van der Waals surface area contributed by atoms with E-state index in [-0.39, 0.29) is 5.95 Å². The number of methoxy groups -OCH3 is 1. The number of fused-ring (bicyclic) bond motifs is 1. The maximum Gasteiger partial charge on any atom is 0.206 e. The van der Waals surface area contributed by atoms with E-state index in [0.717, 1.165) is 4.57 Å². The minimum atomic E-state index is -1.07. The summed E-state index contributed by atoms with van der Waals surface area (Å²) >= 11 is 0. The molecule has 0 fully saturated rings. The quantitative estimate of drug-likeness (QED) is 0.790. The van der Waals surface area contributed by atoms with Crippen LogP contribution in [-0.4, -0.2) is 16.7 Å². The van der Waals surface area contributed by atoms with Gasteiger partial charge in [-0.05, 0) is 12.1 Å². The third-order valence-corrected chi connectivity index (χ3v) is 3.09. The van der Waals surface area contributed by atoms with Gasteiger partial charge in [0.25, 0.3) is 0 Å². The number of anilines is 1. The zero-order valence-electron chi connectivity index (χ0n) is 10.9. The highest BCUT2D eigenvalue weighted by Gasteiger charge is 2.19. The number of halogens is 3. The molecule has 0 aliphatic rings. The SMILES string of the molecule is COc1ccc2nc(N)n(-c3c(F)cc(F)cc3F)c2c1. The van der Waals surface area contributed by atoms with Crippen LogP contribution in [0.25, 0.3) is 16.7 Å². The van der Waals surface area contributed by atoms with Crippen molar-refractivity contribution in [1.29, 1.82) is 0 Å². The van der Waals surface area contributed by atoms with Crippen LogP contribution < -0.4 is 10.5 Å². The molecule has 1 heterocycles. The van der Waals surface area contributed by atoms with E-state index in [1.807, 2.05) is 0 Å². The lowest BCUT2D eigenvalue weighted by molar-refractivity contribution is 0.415. The zero-order chi connectivity index (χ0) is 15.1. The first-order valence-electron chi connectivity index (χ1n) is 5.98. The van der Waals surface area contributed by atoms with Crippen molar-refractivity contribution in [2.75, 3.05) is 12.8 Å². The maximum atomic E-state index is 13.9. The van der Waals surface area contributed by atoms with Gasteiger partial charge in [0.2, 0.25) is 5.95 Å². The van der Waals surface area contributed by atoms with Crippen LogP contribution in [0, 0.1) is 17.5 Å². The van der Waals surface area contributed by atoms with Crippen LogP contribution in [0.15, 0.2) is 30.3 Å². The molecule has 2 N–H and O–H groups in total. The molecule has 0 unspecified atom stereocenters. The maximum absolute atomic E-state index is 13.9. The summed E-state index contributed by atoms with van der Waals surface area (Å²) in [5, 5.41) is 0. The fourth-order valence-corrected chi connectivity index (χ4v) is 2.18. The number of nitrogens with zero attached hydrogens (tertiary/aromatic N) is 2. The highest BCUT2D eigenvalue weighted by Crippen LogP contribution is 2.29. The summed E-state index contributed by atoms with van der Waals surface area (Å²) in [5.41, 5.74) is 6.05. The van der Waals surface area contributed by atoms with Crippen LogP contribution >= 0.6 is 0 Å². The molecule has 21 heavy (non-hydrogen) atoms. The predicted octanol–water partition coefficient (Wildman–Crippen LogP) is 3.03. The minimum Gasteiger partial charge on any atom is -0.497 e. The van der Waals surface area contributed by atoms with Crippen molar-refractivity contribution in [1.82, 2.24) is 9.55 Å². The molecular weight excluding hydrogens is 283 g/mol. The number of aromatic nitrogens is 2. The molecule has 0 amide bonds. The number of benzene rings is 2. The summed E-state index contributed by atoms with van der Waals surface area (Å²) in [7, 11) is 1.46. The van der Waals surface area contributed by atoms with Crippen LogP contribution in [-0.2, 0) is 0 Å². The summed E-state index contributed by atoms with van der Waals surface area (Å²) in [4.78, 5) is 4.03. The smallest absolute Gasteiger partial charge is 0.206 e. The average molecular weight is 293 g/mol. The summed E-state index contributed by atoms with van der Waals surface area (Å²) in [6, 6.07) is 5.98. The van der Waals surface area contributed by atoms with Gasteiger partial charge in [0.05, 0.1) is 18.1 Å². The molecular formula is C14H10F3N3O. The highest BCUT2D eigenvalue weighted by molar-refractivity contribution is 5.82. The Hall–Kier alpha value is -2.70. The van der Waals surface area contributed by atoms with E-state index < -0.39 is 23.1 Å². The number of rotatable bonds is 2. The largest absolute Gasteiger partial charge is 0.497 e. The Labute approximate surface area is 117 Å². The molecule has 1 aromatic heterocycles. The van der Waals surface area contributed by atoms with Gasteiger partial charge in [0.1, 0.15) is 17.3 Å². The summed E-state index contributed by atoms with van der Waals surface area (Å²) < 4.78 is 47.1. The molecule has 4 nitrogen and oxygen atoms in total. The molecule has 0 aliphatic carbocycles. The molecule has 108 valence electrons. The van der Waals surface area contributed by atoms with Gasteiger partial charge in [-0.25, -0.2) is 18.2 Å². The van der Waals surface area contributed by atoms with E-state index in [9.17, 15) is 13.2 Å². The number of imidazole rings is 1. The van der Waals surface area contributed by atoms with Crippen LogP contribution in [0.1, 0.15) is 0 Å². The number of nitrogen functional groups attached to an aromatic ring is 1. The average Bonchev–Trinajstić information content (AvgIpc) is 2.73. The van der Waals surface area contributed by atoms with Gasteiger partial charge in [-0.15, -0.1) is 0 Å². The van der Waals surface area contributed by atoms with Gasteiger partial charge in [-0.1, -0.05) is 0 Å². The summed E-state index contributed by atoms with van der Waals surface area (Å²) in [6.07, 6.45) is 0. The molecule has 0 saturated carbocycles. The summed E-state index contributed by atoms with van der Waals surface area (Å²) in [6.45, 7) is 0. The Morgan fingerprint density at radius 1 is 1.10 bits per heavy atom. The van der Waals surface area contributed by atoms with Gasteiger partial charge in [0.15, 0.2) is 11.6 Å². The lowest BCUT2D eigenvalue weighted by Crippen LogP contribution is -2.06. The van der Waals surface area contributed by atoms with Gasteiger partial charge in [-0.2, -0.15) is 0 Å². The first kappa shape index (κ1) is 13.3. The number of nitrogens with two attached hydrogens (primary N) is 1. The lowest BCUT2D eigenvalue weighted by Gasteiger charge is -2.10. The number of hydrogen-bond acceptors (Lipinski definition) is 3. The second-order valence-corrected chi connectivity index (χ2v) is 4.38. The predicted molar refractivity (Wildman–Crippen MR) is 71.9 cm³/mol. The standard InChI is InChI=1S/C14H10F3N3O/c1-21-8-2-3-11-12(6-8)20(14(18)19-11)13-9(16)4-7(15)5-10(13)17/h2-6H,1H3,(H2,18,19). The van der Waals surface area contributed by atoms with Crippen molar-refractivity contribution < 1.29 is 17.9 Å². The topological polar surface area (TPSA) is 53.1 Å². The molecule has 0 spiro atoms. The molecule has 0 saturated heterocycles. The Morgan fingerprint density at radius 2 is 1.76 bits per heavy atom. The van der Waals surface area contributed by atoms with Gasteiger partial charge >= 0.3 is 0 Å². The molecule has 3 aromatic rings. The fraction of sp³-hybridized carbons (Fsp3) is 0.0714. The molecule has 0 aliphatic heterocycles. The van der Waals surface area contributed by atoms with Crippen molar-refractivity contribution in [2.24, 2.45) is 0 Å². The molecule has 0 radical (unpaired) electrons. The minimum absolute atomic E-state index is 0.109. The van der Waals surface area contributed by atoms with E-state index in [1.165, 1.54) is 7.11 Å². The van der Waals surface area contributed by atoms with E-state index in [1.54, 1.807) is 18.2 Å². The van der Waals surface area contributed by atoms with Crippen molar-refractivity contribution in [3.63, 3.8) is 0 Å². The Morgan fingerprint density at radius 3 is 2.38 bits per heavy atom. The van der Waals surface area contributed by atoms with Crippen molar-refractivity contribution in [3.8, 4) is 11.4 Å². The third kappa shape index (κ3) is 2.06. The van der Waals surface area contributed by atoms with Gasteiger partial charge in [0, 0.05) is 18.2 Å². The van der Waals surface area contributed by atoms with E-state index in [2.05, 4.69) is 4.98 Å². The lowest BCUT2D eigenvalue weighted by atomic mass is 10.2. The van der Waals surface area contributed by atoms with E-state index in [0.29, 0.717) is 28.9 Å². The molecule has 7 heteroatoms. The molecule has 2 aromatic carbocycles. The fourth-order valence-electron chi connectivity index (χ4n) is 2.18. The third-order valence-electron chi connectivity index (χ3n) is 3.09. The number of hydrogen-bond donors (Lipinski definition) is 1. The van der Waals surface area contributed by atoms with Crippen molar-refractivity contribution in [3.05, 3.63) is 47.8 Å². The Kier molecular flexibility index (Phi) is 2.97. The van der Waals surface area contributed by atoms with Crippen LogP contribution in [0.2, 0.25) is 0 Å². The summed E-state index contributed by atoms with van der Waals surface area (Å²) in [5.74, 6) is -2.77. The van der Waals surface area contributed by atoms with E-state index in [4.69, 9.17) is 10.5 Å². The number of ether oxygens (including phenoxy) is 1. The first-order chi connectivity index (χ1) is 10.0. The zero-order valence-corrected chi connectivity index (χ0v) is 10.9. The monoisotopic (exact) mass is 293 g/mol. The molecule has 3 rings (SSSR count). The van der Waals surface area contributed by atoms with Crippen LogP contribution in [0.4, 0.5) is 19.1 Å². The second kappa shape index (κ2) is 4.69. The normalized spacial score (nSPS) is 11.0. The molecule has 0 bridgehead atoms. The molecule has 0 atom stereocenters. The van der Waals surface area contributed by atoms with Gasteiger partial charge in [-0.3, -0.25) is 4.57 Å².